The molecule has 1 saturated heterocycles. The van der Waals surface area contributed by atoms with Crippen molar-refractivity contribution in [2.24, 2.45) is 0 Å². The van der Waals surface area contributed by atoms with E-state index in [0.29, 0.717) is 25.3 Å². The van der Waals surface area contributed by atoms with Crippen molar-refractivity contribution in [3.63, 3.8) is 0 Å². The van der Waals surface area contributed by atoms with E-state index in [1.807, 2.05) is 48.0 Å². The Morgan fingerprint density at radius 2 is 1.73 bits per heavy atom. The molecule has 3 aromatic rings. The molecule has 2 heterocycles. The number of halogens is 1. The van der Waals surface area contributed by atoms with Crippen LogP contribution in [0.15, 0.2) is 70.9 Å². The molecule has 4 rings (SSSR count). The lowest BCUT2D eigenvalue weighted by Gasteiger charge is -2.29. The highest BCUT2D eigenvalue weighted by Gasteiger charge is 2.24. The van der Waals surface area contributed by atoms with Crippen LogP contribution >= 0.6 is 23.1 Å². The van der Waals surface area contributed by atoms with E-state index in [9.17, 15) is 14.0 Å². The van der Waals surface area contributed by atoms with E-state index in [2.05, 4.69) is 10.2 Å². The van der Waals surface area contributed by atoms with Gasteiger partial charge in [-0.05, 0) is 85.6 Å². The number of amides is 3. The Labute approximate surface area is 226 Å². The van der Waals surface area contributed by atoms with Gasteiger partial charge in [0.25, 0.3) is 0 Å². The second-order valence-corrected chi connectivity index (χ2v) is 11.0. The van der Waals surface area contributed by atoms with Gasteiger partial charge >= 0.3 is 6.03 Å². The van der Waals surface area contributed by atoms with Gasteiger partial charge in [0.15, 0.2) is 0 Å². The summed E-state index contributed by atoms with van der Waals surface area (Å²) in [5.41, 5.74) is 1.54. The Kier molecular flexibility index (Phi) is 9.99. The van der Waals surface area contributed by atoms with Gasteiger partial charge in [-0.1, -0.05) is 18.2 Å². The fourth-order valence-corrected chi connectivity index (χ4v) is 5.42. The molecule has 0 saturated carbocycles. The van der Waals surface area contributed by atoms with Gasteiger partial charge in [0.05, 0.1) is 6.54 Å². The summed E-state index contributed by atoms with van der Waals surface area (Å²) in [6.45, 7) is 3.98. The Balaban J connectivity index is 1.48. The van der Waals surface area contributed by atoms with E-state index in [-0.39, 0.29) is 24.3 Å². The number of benzene rings is 2. The lowest BCUT2D eigenvalue weighted by Crippen LogP contribution is -2.46. The number of carbonyl (C=O) groups excluding carboxylic acids is 2. The van der Waals surface area contributed by atoms with Gasteiger partial charge in [0.1, 0.15) is 12.4 Å². The molecule has 1 aromatic heterocycles. The third-order valence-corrected chi connectivity index (χ3v) is 8.01. The van der Waals surface area contributed by atoms with E-state index >= 15 is 0 Å². The van der Waals surface area contributed by atoms with Gasteiger partial charge in [0.2, 0.25) is 5.91 Å². The fourth-order valence-electron chi connectivity index (χ4n) is 4.29. The van der Waals surface area contributed by atoms with Crippen LogP contribution in [0.25, 0.3) is 0 Å². The number of nitrogens with zero attached hydrogens (tertiary/aromatic N) is 3. The van der Waals surface area contributed by atoms with Crippen LogP contribution in [0.5, 0.6) is 0 Å². The molecule has 3 amide bonds. The van der Waals surface area contributed by atoms with E-state index < -0.39 is 0 Å². The third-order valence-electron chi connectivity index (χ3n) is 6.41. The first-order valence-electron chi connectivity index (χ1n) is 12.5. The van der Waals surface area contributed by atoms with Gasteiger partial charge in [0, 0.05) is 35.1 Å². The molecule has 9 heteroatoms. The summed E-state index contributed by atoms with van der Waals surface area (Å²) in [4.78, 5) is 34.8. The van der Waals surface area contributed by atoms with Crippen LogP contribution in [0.3, 0.4) is 0 Å². The molecule has 1 aliphatic heterocycles. The second-order valence-electron chi connectivity index (χ2n) is 9.08. The molecule has 2 aromatic carbocycles. The van der Waals surface area contributed by atoms with Gasteiger partial charge in [-0.25, -0.2) is 9.18 Å². The van der Waals surface area contributed by atoms with Crippen LogP contribution in [0, 0.1) is 5.82 Å². The smallest absolute Gasteiger partial charge is 0.322 e. The number of nitrogens with one attached hydrogen (secondary N) is 1. The molecule has 0 atom stereocenters. The number of hydrogen-bond donors (Lipinski definition) is 1. The molecular formula is C28H33FN4O2S2. The molecule has 0 spiro atoms. The number of thioether (sulfide) groups is 1. The second kappa shape index (κ2) is 13.6. The third kappa shape index (κ3) is 8.31. The van der Waals surface area contributed by atoms with E-state index in [1.165, 1.54) is 25.0 Å². The predicted octanol–water partition coefficient (Wildman–Crippen LogP) is 5.77. The predicted molar refractivity (Wildman–Crippen MR) is 149 cm³/mol. The highest BCUT2D eigenvalue weighted by molar-refractivity contribution is 7.98. The van der Waals surface area contributed by atoms with Gasteiger partial charge in [-0.15, -0.1) is 23.1 Å². The van der Waals surface area contributed by atoms with Crippen molar-refractivity contribution in [1.82, 2.24) is 14.7 Å². The lowest BCUT2D eigenvalue weighted by molar-refractivity contribution is -0.133. The van der Waals surface area contributed by atoms with Crippen molar-refractivity contribution < 1.29 is 14.0 Å². The Morgan fingerprint density at radius 1 is 1.00 bits per heavy atom. The van der Waals surface area contributed by atoms with Crippen molar-refractivity contribution in [3.05, 3.63) is 82.3 Å². The zero-order valence-corrected chi connectivity index (χ0v) is 22.7. The Morgan fingerprint density at radius 3 is 2.38 bits per heavy atom. The summed E-state index contributed by atoms with van der Waals surface area (Å²) in [5, 5.41) is 4.94. The maximum Gasteiger partial charge on any atom is 0.322 e. The molecule has 0 bridgehead atoms. The minimum absolute atomic E-state index is 0.0326. The van der Waals surface area contributed by atoms with Crippen LogP contribution in [0.4, 0.5) is 14.9 Å². The van der Waals surface area contributed by atoms with Gasteiger partial charge < -0.3 is 20.0 Å². The lowest BCUT2D eigenvalue weighted by atomic mass is 10.2. The summed E-state index contributed by atoms with van der Waals surface area (Å²) in [5.74, 6) is -0.456. The van der Waals surface area contributed by atoms with E-state index in [0.717, 1.165) is 35.0 Å². The van der Waals surface area contributed by atoms with Crippen molar-refractivity contribution >= 4 is 40.7 Å². The average Bonchev–Trinajstić information content (AvgIpc) is 3.62. The number of likely N-dealkylation sites (tertiary alicyclic amines) is 1. The minimum atomic E-state index is -0.310. The largest absolute Gasteiger partial charge is 0.332 e. The number of thiophene rings is 1. The van der Waals surface area contributed by atoms with Crippen LogP contribution in [-0.4, -0.2) is 65.6 Å². The monoisotopic (exact) mass is 540 g/mol. The number of anilines is 1. The molecule has 196 valence electrons. The standard InChI is InChI=1S/C28H33FN4O2S2/c1-36-25-12-10-24(11-13-25)30-28(35)32(17-16-31-14-2-3-15-31)21-27(34)33(20-26-5-4-18-37-26)19-22-6-8-23(29)9-7-22/h4-13,18H,2-3,14-17,19-21H2,1H3,(H,30,35). The summed E-state index contributed by atoms with van der Waals surface area (Å²) in [6, 6.07) is 17.5. The zero-order chi connectivity index (χ0) is 26.0. The number of urea groups is 1. The molecule has 6 nitrogen and oxygen atoms in total. The van der Waals surface area contributed by atoms with Crippen LogP contribution in [0.1, 0.15) is 23.3 Å². The van der Waals surface area contributed by atoms with E-state index in [1.54, 1.807) is 45.0 Å². The van der Waals surface area contributed by atoms with Crippen molar-refractivity contribution in [3.8, 4) is 0 Å². The quantitative estimate of drug-likeness (QED) is 0.314. The molecule has 0 unspecified atom stereocenters. The molecule has 0 radical (unpaired) electrons. The average molecular weight is 541 g/mol. The van der Waals surface area contributed by atoms with Crippen molar-refractivity contribution in [1.29, 1.82) is 0 Å². The molecular weight excluding hydrogens is 507 g/mol. The molecule has 0 aliphatic carbocycles. The summed E-state index contributed by atoms with van der Waals surface area (Å²) in [6.07, 6.45) is 4.34. The van der Waals surface area contributed by atoms with Crippen LogP contribution in [0.2, 0.25) is 0 Å². The first kappa shape index (κ1) is 27.2. The van der Waals surface area contributed by atoms with Crippen LogP contribution < -0.4 is 5.32 Å². The van der Waals surface area contributed by atoms with Gasteiger partial charge in [-0.3, -0.25) is 4.79 Å². The fraction of sp³-hybridized carbons (Fsp3) is 0.357. The van der Waals surface area contributed by atoms with Crippen LogP contribution in [-0.2, 0) is 17.9 Å². The zero-order valence-electron chi connectivity index (χ0n) is 21.1. The number of hydrogen-bond acceptors (Lipinski definition) is 5. The number of rotatable bonds is 11. The normalized spacial score (nSPS) is 13.5. The SMILES string of the molecule is CSc1ccc(NC(=O)N(CCN2CCCC2)CC(=O)N(Cc2ccc(F)cc2)Cc2cccs2)cc1. The Bertz CT molecular complexity index is 1130. The maximum atomic E-state index is 13.6. The molecule has 37 heavy (non-hydrogen) atoms. The highest BCUT2D eigenvalue weighted by Crippen LogP contribution is 2.19. The summed E-state index contributed by atoms with van der Waals surface area (Å²) >= 11 is 3.22. The minimum Gasteiger partial charge on any atom is -0.332 e. The molecule has 1 N–H and O–H groups in total. The summed E-state index contributed by atoms with van der Waals surface area (Å²) in [7, 11) is 0. The maximum absolute atomic E-state index is 13.6. The topological polar surface area (TPSA) is 55.9 Å². The van der Waals surface area contributed by atoms with E-state index in [4.69, 9.17) is 0 Å². The first-order chi connectivity index (χ1) is 18.0. The Hall–Kier alpha value is -2.88. The van der Waals surface area contributed by atoms with Crippen molar-refractivity contribution in [2.45, 2.75) is 30.8 Å². The highest BCUT2D eigenvalue weighted by atomic mass is 32.2. The van der Waals surface area contributed by atoms with Crippen molar-refractivity contribution in [2.75, 3.05) is 44.3 Å². The molecule has 1 aliphatic rings. The summed E-state index contributed by atoms with van der Waals surface area (Å²) < 4.78 is 13.4. The first-order valence-corrected chi connectivity index (χ1v) is 14.6. The molecule has 1 fully saturated rings. The van der Waals surface area contributed by atoms with Gasteiger partial charge in [-0.2, -0.15) is 0 Å². The number of carbonyl (C=O) groups is 2.